The van der Waals surface area contributed by atoms with Gasteiger partial charge in [0, 0.05) is 18.7 Å². The van der Waals surface area contributed by atoms with Crippen LogP contribution in [0.25, 0.3) is 11.1 Å². The second kappa shape index (κ2) is 6.50. The number of aliphatic hydroxyl groups excluding tert-OH is 1. The van der Waals surface area contributed by atoms with Gasteiger partial charge in [0.05, 0.1) is 4.88 Å². The smallest absolute Gasteiger partial charge is 0.261 e. The van der Waals surface area contributed by atoms with Gasteiger partial charge in [0.2, 0.25) is 0 Å². The quantitative estimate of drug-likeness (QED) is 0.824. The van der Waals surface area contributed by atoms with Gasteiger partial charge in [-0.3, -0.25) is 4.79 Å². The standard InChI is InChI=1S/C15H17NO2S/c1-11-3-5-12(6-4-11)13-7-10-19-14(13)15(18)16-8-2-9-17/h3-7,10,17H,2,8-9H2,1H3,(H,16,18). The molecule has 0 unspecified atom stereocenters. The van der Waals surface area contributed by atoms with E-state index in [2.05, 4.69) is 5.32 Å². The molecule has 0 aliphatic carbocycles. The predicted octanol–water partition coefficient (Wildman–Crippen LogP) is 2.84. The monoisotopic (exact) mass is 275 g/mol. The minimum absolute atomic E-state index is 0.0703. The Kier molecular flexibility index (Phi) is 4.71. The van der Waals surface area contributed by atoms with Crippen LogP contribution >= 0.6 is 11.3 Å². The van der Waals surface area contributed by atoms with E-state index in [0.29, 0.717) is 13.0 Å². The summed E-state index contributed by atoms with van der Waals surface area (Å²) in [5, 5.41) is 13.5. The zero-order chi connectivity index (χ0) is 13.7. The van der Waals surface area contributed by atoms with Crippen LogP contribution in [0, 0.1) is 6.92 Å². The van der Waals surface area contributed by atoms with Crippen molar-refractivity contribution in [3.05, 3.63) is 46.2 Å². The summed E-state index contributed by atoms with van der Waals surface area (Å²) in [4.78, 5) is 12.8. The van der Waals surface area contributed by atoms with Crippen molar-refractivity contribution in [2.75, 3.05) is 13.2 Å². The maximum atomic E-state index is 12.1. The molecule has 100 valence electrons. The van der Waals surface area contributed by atoms with E-state index in [4.69, 9.17) is 5.11 Å². The summed E-state index contributed by atoms with van der Waals surface area (Å²) in [5.41, 5.74) is 3.22. The minimum Gasteiger partial charge on any atom is -0.396 e. The van der Waals surface area contributed by atoms with E-state index in [-0.39, 0.29) is 12.5 Å². The maximum Gasteiger partial charge on any atom is 0.261 e. The van der Waals surface area contributed by atoms with Crippen LogP contribution in [0.15, 0.2) is 35.7 Å². The Balaban J connectivity index is 2.17. The number of thiophene rings is 1. The lowest BCUT2D eigenvalue weighted by molar-refractivity contribution is 0.0956. The normalized spacial score (nSPS) is 10.4. The third-order valence-electron chi connectivity index (χ3n) is 2.85. The van der Waals surface area contributed by atoms with Crippen LogP contribution in [0.1, 0.15) is 21.7 Å². The lowest BCUT2D eigenvalue weighted by Gasteiger charge is -2.06. The van der Waals surface area contributed by atoms with Gasteiger partial charge >= 0.3 is 0 Å². The lowest BCUT2D eigenvalue weighted by Crippen LogP contribution is -2.24. The molecule has 1 aromatic carbocycles. The summed E-state index contributed by atoms with van der Waals surface area (Å²) in [6.07, 6.45) is 0.580. The molecule has 19 heavy (non-hydrogen) atoms. The van der Waals surface area contributed by atoms with Crippen LogP contribution in [0.2, 0.25) is 0 Å². The first kappa shape index (κ1) is 13.8. The molecule has 0 bridgehead atoms. The molecule has 0 radical (unpaired) electrons. The molecule has 2 N–H and O–H groups in total. The van der Waals surface area contributed by atoms with Gasteiger partial charge in [0.1, 0.15) is 0 Å². The number of benzene rings is 1. The molecule has 4 heteroatoms. The Bertz CT molecular complexity index is 546. The van der Waals surface area contributed by atoms with E-state index >= 15 is 0 Å². The first-order chi connectivity index (χ1) is 9.22. The first-order valence-electron chi connectivity index (χ1n) is 6.26. The molecule has 2 aromatic rings. The number of aryl methyl sites for hydroxylation is 1. The van der Waals surface area contributed by atoms with Gasteiger partial charge in [-0.05, 0) is 30.4 Å². The van der Waals surface area contributed by atoms with Crippen LogP contribution in [-0.2, 0) is 0 Å². The molecule has 0 aliphatic rings. The van der Waals surface area contributed by atoms with Crippen LogP contribution in [-0.4, -0.2) is 24.2 Å². The van der Waals surface area contributed by atoms with Gasteiger partial charge in [-0.25, -0.2) is 0 Å². The summed E-state index contributed by atoms with van der Waals surface area (Å²) in [6, 6.07) is 10.1. The lowest BCUT2D eigenvalue weighted by atomic mass is 10.0. The van der Waals surface area contributed by atoms with Crippen molar-refractivity contribution in [2.24, 2.45) is 0 Å². The number of hydrogen-bond acceptors (Lipinski definition) is 3. The molecule has 3 nitrogen and oxygen atoms in total. The molecule has 1 amide bonds. The summed E-state index contributed by atoms with van der Waals surface area (Å²) in [7, 11) is 0. The molecule has 1 aromatic heterocycles. The molecule has 0 aliphatic heterocycles. The maximum absolute atomic E-state index is 12.1. The molecule has 1 heterocycles. The highest BCUT2D eigenvalue weighted by Crippen LogP contribution is 2.28. The van der Waals surface area contributed by atoms with Gasteiger partial charge in [-0.15, -0.1) is 11.3 Å². The summed E-state index contributed by atoms with van der Waals surface area (Å²) in [5.74, 6) is -0.0703. The second-order valence-corrected chi connectivity index (χ2v) is 5.28. The SMILES string of the molecule is Cc1ccc(-c2ccsc2C(=O)NCCCO)cc1. The Morgan fingerprint density at radius 1 is 1.26 bits per heavy atom. The Hall–Kier alpha value is -1.65. The molecule has 0 fully saturated rings. The van der Waals surface area contributed by atoms with Gasteiger partial charge in [0.25, 0.3) is 5.91 Å². The van der Waals surface area contributed by atoms with E-state index in [9.17, 15) is 4.79 Å². The summed E-state index contributed by atoms with van der Waals surface area (Å²) in [6.45, 7) is 2.63. The second-order valence-electron chi connectivity index (χ2n) is 4.36. The van der Waals surface area contributed by atoms with Crippen LogP contribution in [0.3, 0.4) is 0 Å². The Labute approximate surface area is 116 Å². The van der Waals surface area contributed by atoms with Crippen LogP contribution in [0.5, 0.6) is 0 Å². The van der Waals surface area contributed by atoms with Gasteiger partial charge in [-0.2, -0.15) is 0 Å². The van der Waals surface area contributed by atoms with Crippen molar-refractivity contribution in [1.29, 1.82) is 0 Å². The van der Waals surface area contributed by atoms with Gasteiger partial charge < -0.3 is 10.4 Å². The third kappa shape index (κ3) is 3.43. The number of rotatable bonds is 5. The fourth-order valence-electron chi connectivity index (χ4n) is 1.81. The van der Waals surface area contributed by atoms with Crippen molar-refractivity contribution in [3.63, 3.8) is 0 Å². The van der Waals surface area contributed by atoms with Gasteiger partial charge in [-0.1, -0.05) is 29.8 Å². The van der Waals surface area contributed by atoms with E-state index in [0.717, 1.165) is 16.0 Å². The van der Waals surface area contributed by atoms with E-state index in [1.54, 1.807) is 0 Å². The number of amides is 1. The number of hydrogen-bond donors (Lipinski definition) is 2. The average molecular weight is 275 g/mol. The van der Waals surface area contributed by atoms with Crippen molar-refractivity contribution in [1.82, 2.24) is 5.32 Å². The van der Waals surface area contributed by atoms with Crippen molar-refractivity contribution in [3.8, 4) is 11.1 Å². The number of carbonyl (C=O) groups excluding carboxylic acids is 1. The fraction of sp³-hybridized carbons (Fsp3) is 0.267. The number of nitrogens with one attached hydrogen (secondary N) is 1. The average Bonchev–Trinajstić information content (AvgIpc) is 2.89. The molecular weight excluding hydrogens is 258 g/mol. The highest BCUT2D eigenvalue weighted by molar-refractivity contribution is 7.12. The Morgan fingerprint density at radius 3 is 2.68 bits per heavy atom. The Morgan fingerprint density at radius 2 is 2.00 bits per heavy atom. The molecular formula is C15H17NO2S. The van der Waals surface area contributed by atoms with Gasteiger partial charge in [0.15, 0.2) is 0 Å². The largest absolute Gasteiger partial charge is 0.396 e. The molecule has 0 saturated heterocycles. The van der Waals surface area contributed by atoms with Crippen molar-refractivity contribution in [2.45, 2.75) is 13.3 Å². The summed E-state index contributed by atoms with van der Waals surface area (Å²) < 4.78 is 0. The van der Waals surface area contributed by atoms with Crippen LogP contribution in [0.4, 0.5) is 0 Å². The van der Waals surface area contributed by atoms with E-state index < -0.39 is 0 Å². The molecule has 2 rings (SSSR count). The molecule has 0 atom stereocenters. The van der Waals surface area contributed by atoms with E-state index in [1.807, 2.05) is 42.6 Å². The molecule has 0 spiro atoms. The zero-order valence-electron chi connectivity index (χ0n) is 10.8. The minimum atomic E-state index is -0.0703. The fourth-order valence-corrected chi connectivity index (χ4v) is 2.64. The third-order valence-corrected chi connectivity index (χ3v) is 3.77. The number of carbonyl (C=O) groups is 1. The predicted molar refractivity (Wildman–Crippen MR) is 78.5 cm³/mol. The van der Waals surface area contributed by atoms with E-state index in [1.165, 1.54) is 16.9 Å². The molecule has 0 saturated carbocycles. The summed E-state index contributed by atoms with van der Waals surface area (Å²) >= 11 is 1.44. The topological polar surface area (TPSA) is 49.3 Å². The highest BCUT2D eigenvalue weighted by atomic mass is 32.1. The highest BCUT2D eigenvalue weighted by Gasteiger charge is 2.13. The van der Waals surface area contributed by atoms with Crippen LogP contribution < -0.4 is 5.32 Å². The zero-order valence-corrected chi connectivity index (χ0v) is 11.7. The first-order valence-corrected chi connectivity index (χ1v) is 7.14. The number of aliphatic hydroxyl groups is 1. The van der Waals surface area contributed by atoms with Crippen molar-refractivity contribution >= 4 is 17.2 Å². The van der Waals surface area contributed by atoms with Crippen molar-refractivity contribution < 1.29 is 9.90 Å².